The zero-order valence-corrected chi connectivity index (χ0v) is 13.9. The molecule has 0 N–H and O–H groups in total. The molecule has 1 aliphatic rings. The van der Waals surface area contributed by atoms with Crippen LogP contribution < -0.4 is 0 Å². The van der Waals surface area contributed by atoms with Gasteiger partial charge in [-0.05, 0) is 41.6 Å². The lowest BCUT2D eigenvalue weighted by atomic mass is 9.86. The van der Waals surface area contributed by atoms with Crippen molar-refractivity contribution in [1.29, 1.82) is 0 Å². The maximum absolute atomic E-state index is 11.1. The van der Waals surface area contributed by atoms with Gasteiger partial charge in [-0.25, -0.2) is 9.97 Å². The average molecular weight is 373 g/mol. The van der Waals surface area contributed by atoms with Gasteiger partial charge in [0.05, 0.1) is 0 Å². The van der Waals surface area contributed by atoms with Gasteiger partial charge in [-0.2, -0.15) is 0 Å². The van der Waals surface area contributed by atoms with Crippen molar-refractivity contribution in [1.82, 2.24) is 14.4 Å². The van der Waals surface area contributed by atoms with E-state index in [0.717, 1.165) is 37.0 Å². The molecule has 0 bridgehead atoms. The summed E-state index contributed by atoms with van der Waals surface area (Å²) in [5.41, 5.74) is 0.781. The van der Waals surface area contributed by atoms with E-state index in [-0.39, 0.29) is 18.0 Å². The summed E-state index contributed by atoms with van der Waals surface area (Å²) in [6, 6.07) is 0. The molecule has 0 saturated heterocycles. The number of rotatable bonds is 2. The van der Waals surface area contributed by atoms with Crippen molar-refractivity contribution < 1.29 is 9.53 Å². The van der Waals surface area contributed by atoms with Crippen LogP contribution >= 0.6 is 27.5 Å². The molecule has 7 heteroatoms. The molecule has 21 heavy (non-hydrogen) atoms. The molecular weight excluding hydrogens is 358 g/mol. The summed E-state index contributed by atoms with van der Waals surface area (Å²) in [5.74, 6) is 0.973. The van der Waals surface area contributed by atoms with Gasteiger partial charge in [-0.3, -0.25) is 9.20 Å². The van der Waals surface area contributed by atoms with Gasteiger partial charge in [0, 0.05) is 25.2 Å². The van der Waals surface area contributed by atoms with E-state index in [1.165, 1.54) is 6.92 Å². The van der Waals surface area contributed by atoms with Crippen LogP contribution in [0, 0.1) is 0 Å². The van der Waals surface area contributed by atoms with Crippen molar-refractivity contribution in [2.24, 2.45) is 0 Å². The Morgan fingerprint density at radius 2 is 2.33 bits per heavy atom. The number of aromatic nitrogens is 3. The fourth-order valence-electron chi connectivity index (χ4n) is 2.99. The number of esters is 1. The van der Waals surface area contributed by atoms with E-state index in [1.54, 1.807) is 6.20 Å². The van der Waals surface area contributed by atoms with Crippen molar-refractivity contribution >= 4 is 39.0 Å². The maximum Gasteiger partial charge on any atom is 0.302 e. The minimum absolute atomic E-state index is 0.0234. The second-order valence-electron chi connectivity index (χ2n) is 5.29. The monoisotopic (exact) mass is 371 g/mol. The van der Waals surface area contributed by atoms with Gasteiger partial charge in [-0.1, -0.05) is 11.6 Å². The first kappa shape index (κ1) is 14.8. The summed E-state index contributed by atoms with van der Waals surface area (Å²) in [6.45, 7) is 1.45. The highest BCUT2D eigenvalue weighted by molar-refractivity contribution is 9.10. The van der Waals surface area contributed by atoms with Crippen LogP contribution in [0.15, 0.2) is 17.0 Å². The zero-order valence-electron chi connectivity index (χ0n) is 11.6. The lowest BCUT2D eigenvalue weighted by molar-refractivity contribution is -0.148. The smallest absolute Gasteiger partial charge is 0.302 e. The summed E-state index contributed by atoms with van der Waals surface area (Å²) in [4.78, 5) is 19.8. The second-order valence-corrected chi connectivity index (χ2v) is 6.40. The zero-order chi connectivity index (χ0) is 15.0. The first-order valence-corrected chi connectivity index (χ1v) is 8.08. The van der Waals surface area contributed by atoms with Gasteiger partial charge in [0.15, 0.2) is 5.15 Å². The van der Waals surface area contributed by atoms with E-state index in [1.807, 2.05) is 10.6 Å². The molecule has 0 spiro atoms. The van der Waals surface area contributed by atoms with E-state index in [2.05, 4.69) is 25.9 Å². The summed E-state index contributed by atoms with van der Waals surface area (Å²) in [7, 11) is 0. The number of halogens is 2. The molecule has 2 unspecified atom stereocenters. The maximum atomic E-state index is 11.1. The number of carbonyl (C=O) groups excluding carboxylic acids is 1. The Balaban J connectivity index is 1.93. The minimum atomic E-state index is -0.220. The van der Waals surface area contributed by atoms with E-state index in [9.17, 15) is 4.79 Å². The molecule has 2 atom stereocenters. The predicted octanol–water partition coefficient (Wildman–Crippen LogP) is 3.73. The van der Waals surface area contributed by atoms with Crippen LogP contribution in [0.4, 0.5) is 0 Å². The number of hydrogen-bond acceptors (Lipinski definition) is 4. The SMILES string of the molecule is CC(=O)OC1CCCC(c2nc(Br)c3c(Cl)nccn23)C1. The Morgan fingerprint density at radius 1 is 1.52 bits per heavy atom. The van der Waals surface area contributed by atoms with E-state index in [0.29, 0.717) is 9.76 Å². The first-order chi connectivity index (χ1) is 10.1. The molecule has 2 heterocycles. The van der Waals surface area contributed by atoms with Crippen molar-refractivity contribution in [3.8, 4) is 0 Å². The van der Waals surface area contributed by atoms with Crippen LogP contribution in [0.2, 0.25) is 5.15 Å². The molecule has 0 amide bonds. The third-order valence-corrected chi connectivity index (χ3v) is 4.65. The van der Waals surface area contributed by atoms with E-state index < -0.39 is 0 Å². The number of ether oxygens (including phenoxy) is 1. The molecule has 112 valence electrons. The third kappa shape index (κ3) is 2.92. The lowest BCUT2D eigenvalue weighted by Crippen LogP contribution is -2.24. The first-order valence-electron chi connectivity index (χ1n) is 6.91. The van der Waals surface area contributed by atoms with Crippen LogP contribution in [0.25, 0.3) is 5.52 Å². The highest BCUT2D eigenvalue weighted by atomic mass is 79.9. The Labute approximate surface area is 135 Å². The van der Waals surface area contributed by atoms with Crippen molar-refractivity contribution in [2.45, 2.75) is 44.6 Å². The number of imidazole rings is 1. The Hall–Kier alpha value is -1.14. The molecule has 1 fully saturated rings. The van der Waals surface area contributed by atoms with Crippen LogP contribution in [0.1, 0.15) is 44.3 Å². The normalized spacial score (nSPS) is 22.4. The van der Waals surface area contributed by atoms with E-state index in [4.69, 9.17) is 16.3 Å². The Morgan fingerprint density at radius 3 is 3.10 bits per heavy atom. The number of nitrogens with zero attached hydrogens (tertiary/aromatic N) is 3. The molecule has 1 aliphatic carbocycles. The van der Waals surface area contributed by atoms with Gasteiger partial charge in [0.2, 0.25) is 0 Å². The molecule has 0 radical (unpaired) electrons. The molecule has 0 aromatic carbocycles. The summed E-state index contributed by atoms with van der Waals surface area (Å²) < 4.78 is 8.03. The predicted molar refractivity (Wildman–Crippen MR) is 82.5 cm³/mol. The molecule has 5 nitrogen and oxygen atoms in total. The van der Waals surface area contributed by atoms with Crippen LogP contribution in [0.5, 0.6) is 0 Å². The largest absolute Gasteiger partial charge is 0.463 e. The van der Waals surface area contributed by atoms with Gasteiger partial charge in [-0.15, -0.1) is 0 Å². The van der Waals surface area contributed by atoms with Crippen molar-refractivity contribution in [3.63, 3.8) is 0 Å². The molecule has 1 saturated carbocycles. The number of carbonyl (C=O) groups is 1. The summed E-state index contributed by atoms with van der Waals surface area (Å²) >= 11 is 9.59. The fourth-order valence-corrected chi connectivity index (χ4v) is 3.90. The molecule has 2 aromatic heterocycles. The minimum Gasteiger partial charge on any atom is -0.463 e. The molecule has 3 rings (SSSR count). The average Bonchev–Trinajstić information content (AvgIpc) is 2.77. The van der Waals surface area contributed by atoms with Crippen LogP contribution in [0.3, 0.4) is 0 Å². The Kier molecular flexibility index (Phi) is 4.17. The van der Waals surface area contributed by atoms with Gasteiger partial charge >= 0.3 is 5.97 Å². The molecular formula is C14H15BrClN3O2. The quantitative estimate of drug-likeness (QED) is 0.754. The fraction of sp³-hybridized carbons (Fsp3) is 0.500. The van der Waals surface area contributed by atoms with Crippen molar-refractivity contribution in [3.05, 3.63) is 28.0 Å². The van der Waals surface area contributed by atoms with Gasteiger partial charge in [0.25, 0.3) is 0 Å². The summed E-state index contributed by atoms with van der Waals surface area (Å²) in [5, 5.41) is 0.426. The number of hydrogen-bond donors (Lipinski definition) is 0. The molecule has 2 aromatic rings. The third-order valence-electron chi connectivity index (χ3n) is 3.82. The Bertz CT molecular complexity index is 688. The second kappa shape index (κ2) is 5.93. The van der Waals surface area contributed by atoms with Gasteiger partial charge < -0.3 is 4.74 Å². The van der Waals surface area contributed by atoms with Gasteiger partial charge in [0.1, 0.15) is 22.0 Å². The highest BCUT2D eigenvalue weighted by Crippen LogP contribution is 2.36. The van der Waals surface area contributed by atoms with Crippen molar-refractivity contribution in [2.75, 3.05) is 0 Å². The van der Waals surface area contributed by atoms with Crippen LogP contribution in [-0.4, -0.2) is 26.4 Å². The lowest BCUT2D eigenvalue weighted by Gasteiger charge is -2.27. The summed E-state index contributed by atoms with van der Waals surface area (Å²) in [6.07, 6.45) is 7.28. The van der Waals surface area contributed by atoms with Crippen LogP contribution in [-0.2, 0) is 9.53 Å². The molecule has 0 aliphatic heterocycles. The number of fused-ring (bicyclic) bond motifs is 1. The standard InChI is InChI=1S/C14H15BrClN3O2/c1-8(20)21-10-4-2-3-9(7-10)14-18-12(15)11-13(16)17-5-6-19(11)14/h5-6,9-10H,2-4,7H2,1H3. The highest BCUT2D eigenvalue weighted by Gasteiger charge is 2.29. The van der Waals surface area contributed by atoms with E-state index >= 15 is 0 Å². The topological polar surface area (TPSA) is 56.5 Å².